The van der Waals surface area contributed by atoms with Crippen molar-refractivity contribution in [3.05, 3.63) is 69.6 Å². The minimum atomic E-state index is -0.492. The van der Waals surface area contributed by atoms with Crippen molar-refractivity contribution in [3.8, 4) is 10.6 Å². The Hall–Kier alpha value is -2.58. The van der Waals surface area contributed by atoms with Crippen molar-refractivity contribution in [1.82, 2.24) is 10.2 Å². The number of carbonyl (C=O) groups is 1. The molecule has 1 aromatic carbocycles. The number of nitro groups is 1. The Morgan fingerprint density at radius 3 is 2.50 bits per heavy atom. The Bertz CT molecular complexity index is 847. The summed E-state index contributed by atoms with van der Waals surface area (Å²) in [6, 6.07) is 13.2. The number of thiophene rings is 1. The van der Waals surface area contributed by atoms with Crippen LogP contribution in [0.15, 0.2) is 58.9 Å². The molecule has 0 N–H and O–H groups in total. The maximum absolute atomic E-state index is 12.1. The summed E-state index contributed by atoms with van der Waals surface area (Å²) in [5.41, 5.74) is 1.21. The van der Waals surface area contributed by atoms with Crippen molar-refractivity contribution in [2.75, 3.05) is 5.75 Å². The lowest BCUT2D eigenvalue weighted by atomic mass is 10.1. The maximum atomic E-state index is 12.1. The fraction of sp³-hybridized carbons (Fsp3) is 0.0625. The summed E-state index contributed by atoms with van der Waals surface area (Å²) in [5.74, 6) is 0.0872. The van der Waals surface area contributed by atoms with Gasteiger partial charge in [-0.15, -0.1) is 21.5 Å². The number of benzene rings is 1. The number of hydrogen-bond donors (Lipinski definition) is 0. The summed E-state index contributed by atoms with van der Waals surface area (Å²) < 4.78 is 0. The second kappa shape index (κ2) is 7.33. The Kier molecular flexibility index (Phi) is 4.97. The summed E-state index contributed by atoms with van der Waals surface area (Å²) in [4.78, 5) is 23.3. The minimum Gasteiger partial charge on any atom is -0.293 e. The number of aromatic nitrogens is 2. The first-order valence-corrected chi connectivity index (χ1v) is 8.78. The molecule has 0 aliphatic carbocycles. The van der Waals surface area contributed by atoms with Gasteiger partial charge in [0.05, 0.1) is 15.6 Å². The van der Waals surface area contributed by atoms with Crippen molar-refractivity contribution in [1.29, 1.82) is 0 Å². The van der Waals surface area contributed by atoms with E-state index >= 15 is 0 Å². The second-order valence-electron chi connectivity index (χ2n) is 4.75. The quantitative estimate of drug-likeness (QED) is 0.286. The molecule has 0 unspecified atom stereocenters. The van der Waals surface area contributed by atoms with Crippen molar-refractivity contribution >= 4 is 34.6 Å². The van der Waals surface area contributed by atoms with E-state index in [2.05, 4.69) is 10.2 Å². The number of thioether (sulfide) groups is 1. The first-order chi connectivity index (χ1) is 11.6. The largest absolute Gasteiger partial charge is 0.293 e. The van der Waals surface area contributed by atoms with Crippen LogP contribution < -0.4 is 0 Å². The van der Waals surface area contributed by atoms with Crippen LogP contribution in [0.25, 0.3) is 10.6 Å². The minimum absolute atomic E-state index is 0.0331. The van der Waals surface area contributed by atoms with Crippen molar-refractivity contribution in [2.24, 2.45) is 0 Å². The molecule has 2 aromatic heterocycles. The van der Waals surface area contributed by atoms with Gasteiger partial charge in [-0.25, -0.2) is 0 Å². The number of carbonyl (C=O) groups excluding carboxylic acids is 1. The van der Waals surface area contributed by atoms with Crippen LogP contribution in [-0.4, -0.2) is 26.7 Å². The highest BCUT2D eigenvalue weighted by Crippen LogP contribution is 2.24. The molecule has 6 nitrogen and oxygen atoms in total. The van der Waals surface area contributed by atoms with Crippen LogP contribution in [0, 0.1) is 10.1 Å². The van der Waals surface area contributed by atoms with Gasteiger partial charge in [0, 0.05) is 17.7 Å². The van der Waals surface area contributed by atoms with Gasteiger partial charge in [-0.2, -0.15) is 0 Å². The normalized spacial score (nSPS) is 10.5. The van der Waals surface area contributed by atoms with Gasteiger partial charge in [-0.05, 0) is 35.7 Å². The number of hydrogen-bond acceptors (Lipinski definition) is 7. The van der Waals surface area contributed by atoms with E-state index < -0.39 is 4.92 Å². The van der Waals surface area contributed by atoms with E-state index in [0.717, 1.165) is 10.6 Å². The topological polar surface area (TPSA) is 86.0 Å². The number of nitrogens with zero attached hydrogens (tertiary/aromatic N) is 3. The molecule has 120 valence electrons. The Morgan fingerprint density at radius 1 is 1.12 bits per heavy atom. The van der Waals surface area contributed by atoms with Gasteiger partial charge in [0.15, 0.2) is 5.78 Å². The average molecular weight is 357 g/mol. The predicted octanol–water partition coefficient (Wildman–Crippen LogP) is 4.09. The SMILES string of the molecule is O=C(CSc1ccc(-c2cccs2)nn1)c1ccc([N+](=O)[O-])cc1. The Balaban J connectivity index is 1.60. The highest BCUT2D eigenvalue weighted by Gasteiger charge is 2.11. The molecule has 3 rings (SSSR count). The first kappa shape index (κ1) is 16.3. The van der Waals surface area contributed by atoms with Gasteiger partial charge >= 0.3 is 0 Å². The van der Waals surface area contributed by atoms with E-state index in [-0.39, 0.29) is 17.2 Å². The summed E-state index contributed by atoms with van der Waals surface area (Å²) >= 11 is 2.88. The third-order valence-corrected chi connectivity index (χ3v) is 4.98. The molecule has 2 heterocycles. The van der Waals surface area contributed by atoms with Crippen LogP contribution >= 0.6 is 23.1 Å². The lowest BCUT2D eigenvalue weighted by Gasteiger charge is -2.02. The van der Waals surface area contributed by atoms with Gasteiger partial charge < -0.3 is 0 Å². The maximum Gasteiger partial charge on any atom is 0.269 e. The van der Waals surface area contributed by atoms with E-state index in [1.54, 1.807) is 11.3 Å². The molecule has 0 saturated carbocycles. The van der Waals surface area contributed by atoms with Crippen molar-refractivity contribution in [3.63, 3.8) is 0 Å². The molecule has 0 radical (unpaired) electrons. The third kappa shape index (κ3) is 3.84. The van der Waals surface area contributed by atoms with Gasteiger partial charge in [0.25, 0.3) is 5.69 Å². The lowest BCUT2D eigenvalue weighted by Crippen LogP contribution is -2.03. The van der Waals surface area contributed by atoms with Crippen LogP contribution in [-0.2, 0) is 0 Å². The smallest absolute Gasteiger partial charge is 0.269 e. The van der Waals surface area contributed by atoms with Gasteiger partial charge in [0.2, 0.25) is 0 Å². The predicted molar refractivity (Wildman–Crippen MR) is 93.5 cm³/mol. The number of Topliss-reactive ketones (excluding diaryl/α,β-unsaturated/α-hetero) is 1. The molecule has 0 spiro atoms. The number of rotatable bonds is 6. The van der Waals surface area contributed by atoms with E-state index in [1.165, 1.54) is 36.0 Å². The van der Waals surface area contributed by atoms with Crippen LogP contribution in [0.3, 0.4) is 0 Å². The molecule has 0 amide bonds. The molecule has 0 aliphatic rings. The van der Waals surface area contributed by atoms with Crippen LogP contribution in [0.5, 0.6) is 0 Å². The van der Waals surface area contributed by atoms with E-state index in [1.807, 2.05) is 29.6 Å². The van der Waals surface area contributed by atoms with Gasteiger partial charge in [0.1, 0.15) is 10.7 Å². The number of nitro benzene ring substituents is 1. The molecule has 3 aromatic rings. The van der Waals surface area contributed by atoms with Crippen LogP contribution in [0.1, 0.15) is 10.4 Å². The van der Waals surface area contributed by atoms with Crippen molar-refractivity contribution < 1.29 is 9.72 Å². The molecular formula is C16H11N3O3S2. The second-order valence-corrected chi connectivity index (χ2v) is 6.69. The molecular weight excluding hydrogens is 346 g/mol. The molecule has 0 fully saturated rings. The molecule has 0 atom stereocenters. The highest BCUT2D eigenvalue weighted by molar-refractivity contribution is 7.99. The van der Waals surface area contributed by atoms with E-state index in [9.17, 15) is 14.9 Å². The third-order valence-electron chi connectivity index (χ3n) is 3.16. The Labute approximate surface area is 145 Å². The zero-order valence-corrected chi connectivity index (χ0v) is 13.9. The molecule has 24 heavy (non-hydrogen) atoms. The van der Waals surface area contributed by atoms with Gasteiger partial charge in [-0.3, -0.25) is 14.9 Å². The first-order valence-electron chi connectivity index (χ1n) is 6.91. The fourth-order valence-corrected chi connectivity index (χ4v) is 3.34. The monoisotopic (exact) mass is 357 g/mol. The number of non-ortho nitro benzene ring substituents is 1. The van der Waals surface area contributed by atoms with Gasteiger partial charge in [-0.1, -0.05) is 17.8 Å². The molecule has 0 saturated heterocycles. The summed E-state index contributed by atoms with van der Waals surface area (Å²) in [6.45, 7) is 0. The summed E-state index contributed by atoms with van der Waals surface area (Å²) in [6.07, 6.45) is 0. The molecule has 0 aliphatic heterocycles. The Morgan fingerprint density at radius 2 is 1.92 bits per heavy atom. The average Bonchev–Trinajstić information content (AvgIpc) is 3.15. The lowest BCUT2D eigenvalue weighted by molar-refractivity contribution is -0.384. The van der Waals surface area contributed by atoms with Crippen LogP contribution in [0.4, 0.5) is 5.69 Å². The van der Waals surface area contributed by atoms with Crippen LogP contribution in [0.2, 0.25) is 0 Å². The molecule has 8 heteroatoms. The highest BCUT2D eigenvalue weighted by atomic mass is 32.2. The number of ketones is 1. The fourth-order valence-electron chi connectivity index (χ4n) is 1.94. The summed E-state index contributed by atoms with van der Waals surface area (Å²) in [7, 11) is 0. The van der Waals surface area contributed by atoms with E-state index in [0.29, 0.717) is 10.6 Å². The summed E-state index contributed by atoms with van der Waals surface area (Å²) in [5, 5.41) is 21.5. The molecule has 0 bridgehead atoms. The van der Waals surface area contributed by atoms with E-state index in [4.69, 9.17) is 0 Å². The standard InChI is InChI=1S/C16H11N3O3S2/c20-14(11-3-5-12(6-4-11)19(21)22)10-24-16-8-7-13(17-18-16)15-2-1-9-23-15/h1-9H,10H2. The zero-order chi connectivity index (χ0) is 16.9. The van der Waals surface area contributed by atoms with Crippen molar-refractivity contribution in [2.45, 2.75) is 5.03 Å². The zero-order valence-electron chi connectivity index (χ0n) is 12.3.